The molecular formula is C18H27N3O3S. The van der Waals surface area contributed by atoms with Crippen LogP contribution in [0.2, 0.25) is 0 Å². The Hall–Kier alpha value is -1.60. The molecule has 1 aromatic carbocycles. The molecule has 0 spiro atoms. The molecule has 3 rings (SSSR count). The number of sulfonamides is 1. The Kier molecular flexibility index (Phi) is 5.64. The molecule has 6 nitrogen and oxygen atoms in total. The predicted octanol–water partition coefficient (Wildman–Crippen LogP) is 1.83. The highest BCUT2D eigenvalue weighted by molar-refractivity contribution is 7.93. The van der Waals surface area contributed by atoms with Gasteiger partial charge in [0.05, 0.1) is 11.4 Å². The van der Waals surface area contributed by atoms with Gasteiger partial charge in [0.2, 0.25) is 10.0 Å². The largest absolute Gasteiger partial charge is 0.349 e. The maximum Gasteiger partial charge on any atom is 0.251 e. The fourth-order valence-corrected chi connectivity index (χ4v) is 5.17. The Morgan fingerprint density at radius 3 is 2.64 bits per heavy atom. The Morgan fingerprint density at radius 1 is 1.24 bits per heavy atom. The molecule has 1 aromatic rings. The highest BCUT2D eigenvalue weighted by atomic mass is 32.2. The minimum absolute atomic E-state index is 0.118. The van der Waals surface area contributed by atoms with Crippen LogP contribution in [0.15, 0.2) is 24.3 Å². The number of rotatable bonds is 5. The lowest BCUT2D eigenvalue weighted by atomic mass is 10.0. The molecule has 2 heterocycles. The van der Waals surface area contributed by atoms with Gasteiger partial charge in [0.15, 0.2) is 0 Å². The minimum atomic E-state index is -3.23. The van der Waals surface area contributed by atoms with Gasteiger partial charge in [-0.2, -0.15) is 0 Å². The summed E-state index contributed by atoms with van der Waals surface area (Å²) in [6.45, 7) is 5.83. The Labute approximate surface area is 150 Å². The molecule has 0 atom stereocenters. The van der Waals surface area contributed by atoms with Crippen LogP contribution >= 0.6 is 0 Å². The number of benzene rings is 1. The lowest BCUT2D eigenvalue weighted by Crippen LogP contribution is -2.44. The first-order valence-electron chi connectivity index (χ1n) is 9.13. The van der Waals surface area contributed by atoms with E-state index < -0.39 is 10.0 Å². The van der Waals surface area contributed by atoms with Crippen LogP contribution < -0.4 is 9.62 Å². The standard InChI is InChI=1S/C18H27N3O3S/c1-2-9-20-11-7-16(8-12-20)19-18(22)15-5-3-6-17(14-15)21-10-4-13-25(21,23)24/h3,5-6,14,16H,2,4,7-13H2,1H3,(H,19,22). The number of nitrogens with one attached hydrogen (secondary N) is 1. The maximum absolute atomic E-state index is 12.6. The van der Waals surface area contributed by atoms with Gasteiger partial charge in [0, 0.05) is 31.2 Å². The van der Waals surface area contributed by atoms with Crippen molar-refractivity contribution >= 4 is 21.6 Å². The number of anilines is 1. The molecule has 2 fully saturated rings. The van der Waals surface area contributed by atoms with Crippen LogP contribution in [0.4, 0.5) is 5.69 Å². The molecule has 2 saturated heterocycles. The van der Waals surface area contributed by atoms with E-state index >= 15 is 0 Å². The van der Waals surface area contributed by atoms with E-state index in [9.17, 15) is 13.2 Å². The summed E-state index contributed by atoms with van der Waals surface area (Å²) in [6, 6.07) is 7.13. The third kappa shape index (κ3) is 4.33. The first-order chi connectivity index (χ1) is 12.0. The average molecular weight is 365 g/mol. The molecule has 25 heavy (non-hydrogen) atoms. The van der Waals surface area contributed by atoms with Crippen LogP contribution in [0, 0.1) is 0 Å². The van der Waals surface area contributed by atoms with Gasteiger partial charge in [-0.05, 0) is 50.4 Å². The van der Waals surface area contributed by atoms with Crippen LogP contribution in [0.5, 0.6) is 0 Å². The van der Waals surface area contributed by atoms with Gasteiger partial charge in [-0.1, -0.05) is 13.0 Å². The second kappa shape index (κ2) is 7.74. The number of carbonyl (C=O) groups is 1. The van der Waals surface area contributed by atoms with E-state index in [1.807, 2.05) is 0 Å². The third-order valence-corrected chi connectivity index (χ3v) is 6.83. The molecule has 7 heteroatoms. The summed E-state index contributed by atoms with van der Waals surface area (Å²) in [5, 5.41) is 3.10. The van der Waals surface area contributed by atoms with Crippen molar-refractivity contribution in [3.8, 4) is 0 Å². The lowest BCUT2D eigenvalue weighted by Gasteiger charge is -2.32. The molecule has 1 N–H and O–H groups in total. The molecule has 0 aliphatic carbocycles. The topological polar surface area (TPSA) is 69.7 Å². The predicted molar refractivity (Wildman–Crippen MR) is 99.4 cm³/mol. The number of likely N-dealkylation sites (tertiary alicyclic amines) is 1. The first kappa shape index (κ1) is 18.2. The molecule has 0 radical (unpaired) electrons. The number of amides is 1. The number of hydrogen-bond acceptors (Lipinski definition) is 4. The molecular weight excluding hydrogens is 338 g/mol. The van der Waals surface area contributed by atoms with Gasteiger partial charge < -0.3 is 10.2 Å². The van der Waals surface area contributed by atoms with E-state index in [0.717, 1.165) is 38.9 Å². The number of nitrogens with zero attached hydrogens (tertiary/aromatic N) is 2. The molecule has 0 bridgehead atoms. The SMILES string of the molecule is CCCN1CCC(NC(=O)c2cccc(N3CCCS3(=O)=O)c2)CC1. The van der Waals surface area contributed by atoms with Crippen LogP contribution in [0.3, 0.4) is 0 Å². The maximum atomic E-state index is 12.6. The van der Waals surface area contributed by atoms with E-state index in [2.05, 4.69) is 17.1 Å². The van der Waals surface area contributed by atoms with Crippen molar-refractivity contribution in [3.63, 3.8) is 0 Å². The summed E-state index contributed by atoms with van der Waals surface area (Å²) >= 11 is 0. The van der Waals surface area contributed by atoms with Crippen molar-refractivity contribution in [2.45, 2.75) is 38.6 Å². The monoisotopic (exact) mass is 365 g/mol. The lowest BCUT2D eigenvalue weighted by molar-refractivity contribution is 0.0911. The molecule has 138 valence electrons. The summed E-state index contributed by atoms with van der Waals surface area (Å²) in [4.78, 5) is 15.0. The third-order valence-electron chi connectivity index (χ3n) is 4.96. The molecule has 2 aliphatic heterocycles. The van der Waals surface area contributed by atoms with Crippen molar-refractivity contribution in [2.75, 3.05) is 36.2 Å². The number of hydrogen-bond donors (Lipinski definition) is 1. The van der Waals surface area contributed by atoms with Gasteiger partial charge >= 0.3 is 0 Å². The molecule has 1 amide bonds. The Bertz CT molecular complexity index is 712. The fourth-order valence-electron chi connectivity index (χ4n) is 3.62. The van der Waals surface area contributed by atoms with Crippen molar-refractivity contribution < 1.29 is 13.2 Å². The number of piperidine rings is 1. The minimum Gasteiger partial charge on any atom is -0.349 e. The summed E-state index contributed by atoms with van der Waals surface area (Å²) in [5.74, 6) is 0.0622. The smallest absolute Gasteiger partial charge is 0.251 e. The van der Waals surface area contributed by atoms with E-state index in [-0.39, 0.29) is 17.7 Å². The zero-order chi connectivity index (χ0) is 17.9. The summed E-state index contributed by atoms with van der Waals surface area (Å²) in [5.41, 5.74) is 1.11. The van der Waals surface area contributed by atoms with Gasteiger partial charge in [-0.3, -0.25) is 9.10 Å². The normalized spacial score (nSPS) is 21.4. The van der Waals surface area contributed by atoms with Gasteiger partial charge in [-0.15, -0.1) is 0 Å². The second-order valence-corrected chi connectivity index (χ2v) is 8.89. The average Bonchev–Trinajstić information content (AvgIpc) is 2.96. The molecule has 2 aliphatic rings. The van der Waals surface area contributed by atoms with Crippen molar-refractivity contribution in [1.82, 2.24) is 10.2 Å². The summed E-state index contributed by atoms with van der Waals surface area (Å²) in [6.07, 6.45) is 3.72. The highest BCUT2D eigenvalue weighted by Crippen LogP contribution is 2.25. The zero-order valence-corrected chi connectivity index (χ0v) is 15.6. The van der Waals surface area contributed by atoms with E-state index in [4.69, 9.17) is 0 Å². The van der Waals surface area contributed by atoms with Crippen molar-refractivity contribution in [3.05, 3.63) is 29.8 Å². The summed E-state index contributed by atoms with van der Waals surface area (Å²) < 4.78 is 25.5. The Balaban J connectivity index is 1.62. The van der Waals surface area contributed by atoms with Crippen LogP contribution in [0.25, 0.3) is 0 Å². The van der Waals surface area contributed by atoms with E-state index in [0.29, 0.717) is 24.2 Å². The molecule has 0 aromatic heterocycles. The first-order valence-corrected chi connectivity index (χ1v) is 10.7. The van der Waals surface area contributed by atoms with Crippen LogP contribution in [-0.2, 0) is 10.0 Å². The fraction of sp³-hybridized carbons (Fsp3) is 0.611. The van der Waals surface area contributed by atoms with Crippen molar-refractivity contribution in [2.24, 2.45) is 0 Å². The highest BCUT2D eigenvalue weighted by Gasteiger charge is 2.29. The Morgan fingerprint density at radius 2 is 2.00 bits per heavy atom. The van der Waals surface area contributed by atoms with Gasteiger partial charge in [-0.25, -0.2) is 8.42 Å². The van der Waals surface area contributed by atoms with E-state index in [1.165, 1.54) is 4.31 Å². The van der Waals surface area contributed by atoms with Crippen molar-refractivity contribution in [1.29, 1.82) is 0 Å². The second-order valence-electron chi connectivity index (χ2n) is 6.88. The van der Waals surface area contributed by atoms with E-state index in [1.54, 1.807) is 24.3 Å². The van der Waals surface area contributed by atoms with Crippen LogP contribution in [0.1, 0.15) is 43.0 Å². The zero-order valence-electron chi connectivity index (χ0n) is 14.8. The molecule has 0 saturated carbocycles. The number of carbonyl (C=O) groups excluding carboxylic acids is 1. The van der Waals surface area contributed by atoms with Gasteiger partial charge in [0.25, 0.3) is 5.91 Å². The van der Waals surface area contributed by atoms with Gasteiger partial charge in [0.1, 0.15) is 0 Å². The van der Waals surface area contributed by atoms with Crippen LogP contribution in [-0.4, -0.2) is 57.2 Å². The quantitative estimate of drug-likeness (QED) is 0.864. The molecule has 0 unspecified atom stereocenters. The summed E-state index contributed by atoms with van der Waals surface area (Å²) in [7, 11) is -3.23.